The van der Waals surface area contributed by atoms with Gasteiger partial charge in [-0.2, -0.15) is 0 Å². The van der Waals surface area contributed by atoms with Gasteiger partial charge in [0, 0.05) is 17.6 Å². The van der Waals surface area contributed by atoms with Crippen LogP contribution in [-0.2, 0) is 17.8 Å². The fourth-order valence-electron chi connectivity index (χ4n) is 2.92. The Labute approximate surface area is 159 Å². The number of halogens is 2. The summed E-state index contributed by atoms with van der Waals surface area (Å²) in [6.07, 6.45) is 0.716. The largest absolute Gasteiger partial charge is 0.493 e. The first-order chi connectivity index (χ1) is 12.5. The second-order valence-electron chi connectivity index (χ2n) is 5.90. The quantitative estimate of drug-likeness (QED) is 0.737. The molecular formula is C19H19BrFNO4. The van der Waals surface area contributed by atoms with Crippen molar-refractivity contribution in [2.75, 3.05) is 27.4 Å². The van der Waals surface area contributed by atoms with Crippen LogP contribution in [0.1, 0.15) is 11.1 Å². The molecule has 0 aromatic heterocycles. The average molecular weight is 424 g/mol. The van der Waals surface area contributed by atoms with Crippen molar-refractivity contribution in [3.05, 3.63) is 51.7 Å². The number of amides is 1. The van der Waals surface area contributed by atoms with Crippen LogP contribution in [0.15, 0.2) is 34.8 Å². The molecule has 2 aromatic carbocycles. The lowest BCUT2D eigenvalue weighted by atomic mass is 9.99. The van der Waals surface area contributed by atoms with E-state index in [-0.39, 0.29) is 18.3 Å². The molecule has 3 rings (SSSR count). The van der Waals surface area contributed by atoms with Crippen LogP contribution < -0.4 is 14.2 Å². The number of carbonyl (C=O) groups excluding carboxylic acids is 1. The van der Waals surface area contributed by atoms with E-state index in [9.17, 15) is 9.18 Å². The first-order valence-corrected chi connectivity index (χ1v) is 8.90. The van der Waals surface area contributed by atoms with Crippen LogP contribution in [0.3, 0.4) is 0 Å². The minimum atomic E-state index is -0.506. The number of nitrogens with zero attached hydrogens (tertiary/aromatic N) is 1. The van der Waals surface area contributed by atoms with Crippen LogP contribution >= 0.6 is 15.9 Å². The molecule has 1 aliphatic rings. The summed E-state index contributed by atoms with van der Waals surface area (Å²) in [5.74, 6) is 0.680. The SMILES string of the molecule is COc1cc2c(cc1OC)CN(C(=O)COc1ccc(Br)cc1F)CC2. The van der Waals surface area contributed by atoms with Crippen LogP contribution in [0.25, 0.3) is 0 Å². The van der Waals surface area contributed by atoms with Crippen LogP contribution in [0.2, 0.25) is 0 Å². The summed E-state index contributed by atoms with van der Waals surface area (Å²) in [6, 6.07) is 8.30. The minimum absolute atomic E-state index is 0.0605. The van der Waals surface area contributed by atoms with Crippen LogP contribution in [-0.4, -0.2) is 38.2 Å². The summed E-state index contributed by atoms with van der Waals surface area (Å²) in [7, 11) is 3.18. The third-order valence-corrected chi connectivity index (χ3v) is 4.81. The van der Waals surface area contributed by atoms with E-state index < -0.39 is 5.82 Å². The zero-order valence-electron chi connectivity index (χ0n) is 14.6. The van der Waals surface area contributed by atoms with Gasteiger partial charge in [0.05, 0.1) is 14.2 Å². The Balaban J connectivity index is 1.67. The number of hydrogen-bond acceptors (Lipinski definition) is 4. The minimum Gasteiger partial charge on any atom is -0.493 e. The number of hydrogen-bond donors (Lipinski definition) is 0. The Bertz CT molecular complexity index is 827. The van der Waals surface area contributed by atoms with Gasteiger partial charge in [-0.15, -0.1) is 0 Å². The fourth-order valence-corrected chi connectivity index (χ4v) is 3.25. The van der Waals surface area contributed by atoms with Gasteiger partial charge in [0.1, 0.15) is 0 Å². The molecule has 1 heterocycles. The Morgan fingerprint density at radius 2 is 1.81 bits per heavy atom. The van der Waals surface area contributed by atoms with Crippen molar-refractivity contribution in [1.29, 1.82) is 0 Å². The monoisotopic (exact) mass is 423 g/mol. The molecule has 0 unspecified atom stereocenters. The molecule has 0 radical (unpaired) electrons. The lowest BCUT2D eigenvalue weighted by molar-refractivity contribution is -0.134. The van der Waals surface area contributed by atoms with Crippen molar-refractivity contribution in [3.8, 4) is 17.2 Å². The number of rotatable bonds is 5. The number of benzene rings is 2. The summed E-state index contributed by atoms with van der Waals surface area (Å²) >= 11 is 3.19. The standard InChI is InChI=1S/C19H19BrFNO4/c1-24-17-7-12-5-6-22(10-13(12)8-18(17)25-2)19(23)11-26-16-4-3-14(20)9-15(16)21/h3-4,7-9H,5-6,10-11H2,1-2H3. The number of carbonyl (C=O) groups is 1. The highest BCUT2D eigenvalue weighted by Crippen LogP contribution is 2.33. The Kier molecular flexibility index (Phi) is 5.66. The van der Waals surface area contributed by atoms with Crippen LogP contribution in [0, 0.1) is 5.82 Å². The maximum atomic E-state index is 13.8. The molecule has 0 aliphatic carbocycles. The van der Waals surface area contributed by atoms with Crippen molar-refractivity contribution in [3.63, 3.8) is 0 Å². The van der Waals surface area contributed by atoms with Crippen molar-refractivity contribution >= 4 is 21.8 Å². The molecule has 7 heteroatoms. The van der Waals surface area contributed by atoms with Gasteiger partial charge >= 0.3 is 0 Å². The summed E-state index contributed by atoms with van der Waals surface area (Å²) in [6.45, 7) is 0.829. The number of methoxy groups -OCH3 is 2. The molecule has 0 atom stereocenters. The van der Waals surface area contributed by atoms with Crippen molar-refractivity contribution in [1.82, 2.24) is 4.90 Å². The van der Waals surface area contributed by atoms with Gasteiger partial charge in [-0.25, -0.2) is 4.39 Å². The van der Waals surface area contributed by atoms with Gasteiger partial charge in [-0.1, -0.05) is 15.9 Å². The topological polar surface area (TPSA) is 48.0 Å². The molecule has 26 heavy (non-hydrogen) atoms. The lowest BCUT2D eigenvalue weighted by Crippen LogP contribution is -2.38. The van der Waals surface area contributed by atoms with E-state index in [2.05, 4.69) is 15.9 Å². The van der Waals surface area contributed by atoms with Crippen molar-refractivity contribution in [2.45, 2.75) is 13.0 Å². The van der Waals surface area contributed by atoms with E-state index in [4.69, 9.17) is 14.2 Å². The molecule has 0 saturated heterocycles. The molecule has 1 aliphatic heterocycles. The summed E-state index contributed by atoms with van der Waals surface area (Å²) < 4.78 is 30.4. The van der Waals surface area contributed by atoms with Gasteiger partial charge < -0.3 is 19.1 Å². The lowest BCUT2D eigenvalue weighted by Gasteiger charge is -2.29. The normalized spacial score (nSPS) is 13.2. The predicted molar refractivity (Wildman–Crippen MR) is 98.3 cm³/mol. The van der Waals surface area contributed by atoms with E-state index in [1.54, 1.807) is 25.2 Å². The van der Waals surface area contributed by atoms with E-state index in [0.29, 0.717) is 35.5 Å². The third kappa shape index (κ3) is 3.93. The summed E-state index contributed by atoms with van der Waals surface area (Å²) in [4.78, 5) is 14.1. The Morgan fingerprint density at radius 3 is 2.46 bits per heavy atom. The Morgan fingerprint density at radius 1 is 1.12 bits per heavy atom. The van der Waals surface area contributed by atoms with Gasteiger partial charge in [-0.05, 0) is 47.9 Å². The zero-order valence-corrected chi connectivity index (χ0v) is 16.1. The third-order valence-electron chi connectivity index (χ3n) is 4.32. The molecule has 2 aromatic rings. The molecule has 0 N–H and O–H groups in total. The van der Waals surface area contributed by atoms with Gasteiger partial charge in [0.2, 0.25) is 0 Å². The zero-order chi connectivity index (χ0) is 18.7. The predicted octanol–water partition coefficient (Wildman–Crippen LogP) is 3.57. The fraction of sp³-hybridized carbons (Fsp3) is 0.316. The van der Waals surface area contributed by atoms with E-state index >= 15 is 0 Å². The second-order valence-corrected chi connectivity index (χ2v) is 6.82. The molecule has 0 bridgehead atoms. The van der Waals surface area contributed by atoms with E-state index in [1.807, 2.05) is 12.1 Å². The molecule has 0 spiro atoms. The molecular weight excluding hydrogens is 405 g/mol. The van der Waals surface area contributed by atoms with Gasteiger partial charge in [0.25, 0.3) is 5.91 Å². The second kappa shape index (κ2) is 7.95. The first kappa shape index (κ1) is 18.5. The van der Waals surface area contributed by atoms with E-state index in [0.717, 1.165) is 11.1 Å². The highest BCUT2D eigenvalue weighted by Gasteiger charge is 2.23. The number of fused-ring (bicyclic) bond motifs is 1. The van der Waals surface area contributed by atoms with Crippen LogP contribution in [0.5, 0.6) is 17.2 Å². The van der Waals surface area contributed by atoms with Crippen molar-refractivity contribution in [2.24, 2.45) is 0 Å². The molecule has 1 amide bonds. The number of ether oxygens (including phenoxy) is 3. The molecule has 5 nitrogen and oxygen atoms in total. The average Bonchev–Trinajstić information content (AvgIpc) is 2.65. The molecule has 0 fully saturated rings. The highest BCUT2D eigenvalue weighted by atomic mass is 79.9. The smallest absolute Gasteiger partial charge is 0.260 e. The van der Waals surface area contributed by atoms with Gasteiger partial charge in [-0.3, -0.25) is 4.79 Å². The molecule has 138 valence electrons. The first-order valence-electron chi connectivity index (χ1n) is 8.11. The highest BCUT2D eigenvalue weighted by molar-refractivity contribution is 9.10. The van der Waals surface area contributed by atoms with Crippen molar-refractivity contribution < 1.29 is 23.4 Å². The Hall–Kier alpha value is -2.28. The summed E-state index contributed by atoms with van der Waals surface area (Å²) in [5.41, 5.74) is 2.14. The van der Waals surface area contributed by atoms with Gasteiger partial charge in [0.15, 0.2) is 29.7 Å². The van der Waals surface area contributed by atoms with E-state index in [1.165, 1.54) is 12.1 Å². The maximum Gasteiger partial charge on any atom is 0.260 e. The summed E-state index contributed by atoms with van der Waals surface area (Å²) in [5, 5.41) is 0. The molecule has 0 saturated carbocycles. The maximum absolute atomic E-state index is 13.8. The van der Waals surface area contributed by atoms with Crippen LogP contribution in [0.4, 0.5) is 4.39 Å².